The predicted octanol–water partition coefficient (Wildman–Crippen LogP) is 2.90. The molecule has 0 saturated carbocycles. The molecule has 1 atom stereocenters. The molecule has 1 aliphatic heterocycles. The van der Waals surface area contributed by atoms with Gasteiger partial charge >= 0.3 is 0 Å². The Balaban J connectivity index is 2.27. The Labute approximate surface area is 101 Å². The van der Waals surface area contributed by atoms with Gasteiger partial charge in [0, 0.05) is 13.1 Å². The lowest BCUT2D eigenvalue weighted by molar-refractivity contribution is 0.0276. The van der Waals surface area contributed by atoms with Gasteiger partial charge in [-0.2, -0.15) is 0 Å². The van der Waals surface area contributed by atoms with Crippen LogP contribution in [-0.2, 0) is 4.74 Å². The van der Waals surface area contributed by atoms with Crippen LogP contribution in [0.4, 0.5) is 4.39 Å². The van der Waals surface area contributed by atoms with Gasteiger partial charge in [-0.1, -0.05) is 11.6 Å². The molecule has 1 fully saturated rings. The van der Waals surface area contributed by atoms with Gasteiger partial charge in [0.15, 0.2) is 5.82 Å². The minimum atomic E-state index is -0.427. The lowest BCUT2D eigenvalue weighted by Crippen LogP contribution is -2.33. The molecule has 1 aromatic carbocycles. The first-order chi connectivity index (χ1) is 7.18. The third-order valence-electron chi connectivity index (χ3n) is 2.31. The summed E-state index contributed by atoms with van der Waals surface area (Å²) in [5.41, 5.74) is 0.889. The number of halogens is 3. The van der Waals surface area contributed by atoms with E-state index >= 15 is 0 Å². The molecule has 82 valence electrons. The van der Waals surface area contributed by atoms with Crippen LogP contribution >= 0.6 is 27.5 Å². The molecule has 5 heteroatoms. The van der Waals surface area contributed by atoms with Crippen molar-refractivity contribution in [2.75, 3.05) is 19.7 Å². The van der Waals surface area contributed by atoms with Crippen molar-refractivity contribution in [3.63, 3.8) is 0 Å². The van der Waals surface area contributed by atoms with Gasteiger partial charge in [-0.15, -0.1) is 0 Å². The van der Waals surface area contributed by atoms with Crippen LogP contribution in [0.25, 0.3) is 0 Å². The first-order valence-corrected chi connectivity index (χ1v) is 5.82. The number of hydrogen-bond acceptors (Lipinski definition) is 2. The first kappa shape index (κ1) is 11.3. The van der Waals surface area contributed by atoms with E-state index < -0.39 is 5.82 Å². The second-order valence-electron chi connectivity index (χ2n) is 3.36. The summed E-state index contributed by atoms with van der Waals surface area (Å²) in [6.45, 7) is 2.25. The number of hydrogen-bond donors (Lipinski definition) is 1. The monoisotopic (exact) mass is 293 g/mol. The molecule has 2 rings (SSSR count). The molecule has 0 aromatic heterocycles. The normalized spacial score (nSPS) is 21.7. The third kappa shape index (κ3) is 2.50. The molecular weight excluding hydrogens is 284 g/mol. The fourth-order valence-electron chi connectivity index (χ4n) is 1.54. The number of ether oxygens (including phenoxy) is 1. The van der Waals surface area contributed by atoms with Gasteiger partial charge in [-0.25, -0.2) is 4.39 Å². The minimum Gasteiger partial charge on any atom is -0.371 e. The summed E-state index contributed by atoms with van der Waals surface area (Å²) < 4.78 is 19.2. The summed E-state index contributed by atoms with van der Waals surface area (Å²) in [6, 6.07) is 3.32. The highest BCUT2D eigenvalue weighted by atomic mass is 79.9. The van der Waals surface area contributed by atoms with Gasteiger partial charge in [0.1, 0.15) is 0 Å². The highest BCUT2D eigenvalue weighted by Gasteiger charge is 2.18. The number of rotatable bonds is 1. The van der Waals surface area contributed by atoms with Crippen molar-refractivity contribution in [2.24, 2.45) is 0 Å². The molecule has 1 aliphatic rings. The van der Waals surface area contributed by atoms with E-state index in [0.29, 0.717) is 11.1 Å². The van der Waals surface area contributed by atoms with Crippen LogP contribution in [0.15, 0.2) is 16.6 Å². The average Bonchev–Trinajstić information content (AvgIpc) is 2.26. The molecule has 1 aromatic rings. The van der Waals surface area contributed by atoms with E-state index in [9.17, 15) is 4.39 Å². The maximum absolute atomic E-state index is 13.2. The van der Waals surface area contributed by atoms with Crippen LogP contribution in [0.5, 0.6) is 0 Å². The van der Waals surface area contributed by atoms with E-state index in [2.05, 4.69) is 21.2 Å². The Bertz CT molecular complexity index is 345. The summed E-state index contributed by atoms with van der Waals surface area (Å²) in [5.74, 6) is -0.427. The SMILES string of the molecule is Fc1c(Cl)cc(C2CNCCO2)cc1Br. The Morgan fingerprint density at radius 2 is 2.33 bits per heavy atom. The van der Waals surface area contributed by atoms with E-state index in [1.165, 1.54) is 0 Å². The molecule has 0 radical (unpaired) electrons. The molecule has 1 saturated heterocycles. The van der Waals surface area contributed by atoms with Gasteiger partial charge in [-0.05, 0) is 33.6 Å². The minimum absolute atomic E-state index is 0.0480. The van der Waals surface area contributed by atoms with Crippen molar-refractivity contribution in [3.8, 4) is 0 Å². The number of nitrogens with one attached hydrogen (secondary N) is 1. The summed E-state index contributed by atoms with van der Waals surface area (Å²) in [6.07, 6.45) is -0.0480. The maximum Gasteiger partial charge on any atom is 0.155 e. The van der Waals surface area contributed by atoms with Crippen LogP contribution < -0.4 is 5.32 Å². The summed E-state index contributed by atoms with van der Waals surface area (Å²) in [4.78, 5) is 0. The van der Waals surface area contributed by atoms with Crippen molar-refractivity contribution < 1.29 is 9.13 Å². The van der Waals surface area contributed by atoms with Gasteiger partial charge in [0.2, 0.25) is 0 Å². The van der Waals surface area contributed by atoms with Crippen molar-refractivity contribution in [3.05, 3.63) is 33.0 Å². The first-order valence-electron chi connectivity index (χ1n) is 4.65. The zero-order chi connectivity index (χ0) is 10.8. The van der Waals surface area contributed by atoms with Gasteiger partial charge in [0.25, 0.3) is 0 Å². The molecule has 0 aliphatic carbocycles. The van der Waals surface area contributed by atoms with E-state index in [1.54, 1.807) is 12.1 Å². The second kappa shape index (κ2) is 4.78. The fourth-order valence-corrected chi connectivity index (χ4v) is 2.36. The van der Waals surface area contributed by atoms with E-state index in [4.69, 9.17) is 16.3 Å². The summed E-state index contributed by atoms with van der Waals surface area (Å²) in [5, 5.41) is 3.33. The van der Waals surface area contributed by atoms with Crippen LogP contribution in [0.2, 0.25) is 5.02 Å². The van der Waals surface area contributed by atoms with Crippen molar-refractivity contribution in [1.82, 2.24) is 5.32 Å². The molecule has 1 N–H and O–H groups in total. The van der Waals surface area contributed by atoms with E-state index in [-0.39, 0.29) is 11.1 Å². The molecule has 0 spiro atoms. The Kier molecular flexibility index (Phi) is 3.61. The Morgan fingerprint density at radius 1 is 1.53 bits per heavy atom. The van der Waals surface area contributed by atoms with Crippen molar-refractivity contribution >= 4 is 27.5 Å². The fraction of sp³-hybridized carbons (Fsp3) is 0.400. The standard InChI is InChI=1S/C10H10BrClFNO/c11-7-3-6(4-8(12)10(7)13)9-5-14-1-2-15-9/h3-4,9,14H,1-2,5H2. The smallest absolute Gasteiger partial charge is 0.155 e. The highest BCUT2D eigenvalue weighted by molar-refractivity contribution is 9.10. The van der Waals surface area contributed by atoms with Crippen LogP contribution in [0, 0.1) is 5.82 Å². The Morgan fingerprint density at radius 3 is 2.93 bits per heavy atom. The zero-order valence-electron chi connectivity index (χ0n) is 7.90. The van der Waals surface area contributed by atoms with Crippen molar-refractivity contribution in [1.29, 1.82) is 0 Å². The predicted molar refractivity (Wildman–Crippen MR) is 60.7 cm³/mol. The summed E-state index contributed by atoms with van der Waals surface area (Å²) >= 11 is 8.89. The average molecular weight is 295 g/mol. The molecule has 1 unspecified atom stereocenters. The van der Waals surface area contributed by atoms with E-state index in [1.807, 2.05) is 0 Å². The lowest BCUT2D eigenvalue weighted by atomic mass is 10.1. The van der Waals surface area contributed by atoms with Crippen molar-refractivity contribution in [2.45, 2.75) is 6.10 Å². The zero-order valence-corrected chi connectivity index (χ0v) is 10.2. The van der Waals surface area contributed by atoms with Crippen LogP contribution in [0.3, 0.4) is 0 Å². The topological polar surface area (TPSA) is 21.3 Å². The molecule has 1 heterocycles. The summed E-state index contributed by atoms with van der Waals surface area (Å²) in [7, 11) is 0. The van der Waals surface area contributed by atoms with Crippen LogP contribution in [0.1, 0.15) is 11.7 Å². The van der Waals surface area contributed by atoms with Gasteiger partial charge in [-0.3, -0.25) is 0 Å². The number of morpholine rings is 1. The number of benzene rings is 1. The molecule has 0 amide bonds. The van der Waals surface area contributed by atoms with Gasteiger partial charge < -0.3 is 10.1 Å². The molecule has 0 bridgehead atoms. The van der Waals surface area contributed by atoms with E-state index in [0.717, 1.165) is 18.7 Å². The van der Waals surface area contributed by atoms with Gasteiger partial charge in [0.05, 0.1) is 22.2 Å². The second-order valence-corrected chi connectivity index (χ2v) is 4.62. The third-order valence-corrected chi connectivity index (χ3v) is 3.16. The highest BCUT2D eigenvalue weighted by Crippen LogP contribution is 2.29. The molecular formula is C10H10BrClFNO. The largest absolute Gasteiger partial charge is 0.371 e. The Hall–Kier alpha value is -0.160. The molecule has 2 nitrogen and oxygen atoms in total. The maximum atomic E-state index is 13.2. The molecule has 15 heavy (non-hydrogen) atoms. The lowest BCUT2D eigenvalue weighted by Gasteiger charge is -2.24. The van der Waals surface area contributed by atoms with Crippen LogP contribution in [-0.4, -0.2) is 19.7 Å². The quantitative estimate of drug-likeness (QED) is 0.804.